The van der Waals surface area contributed by atoms with Crippen LogP contribution in [0.5, 0.6) is 0 Å². The van der Waals surface area contributed by atoms with E-state index in [0.29, 0.717) is 19.5 Å². The van der Waals surface area contributed by atoms with E-state index in [1.807, 2.05) is 12.1 Å². The zero-order chi connectivity index (χ0) is 19.6. The van der Waals surface area contributed by atoms with Crippen molar-refractivity contribution in [2.45, 2.75) is 12.5 Å². The second kappa shape index (κ2) is 8.45. The maximum Gasteiger partial charge on any atom is 0.257 e. The van der Waals surface area contributed by atoms with Gasteiger partial charge in [0.25, 0.3) is 5.91 Å². The molecule has 2 heterocycles. The molecule has 1 aliphatic heterocycles. The van der Waals surface area contributed by atoms with Gasteiger partial charge in [0.1, 0.15) is 11.6 Å². The average molecular weight is 458 g/mol. The fourth-order valence-corrected chi connectivity index (χ4v) is 4.50. The zero-order valence-electron chi connectivity index (χ0n) is 14.3. The van der Waals surface area contributed by atoms with Crippen LogP contribution in [0.2, 0.25) is 0 Å². The zero-order valence-corrected chi connectivity index (χ0v) is 16.7. The van der Waals surface area contributed by atoms with Gasteiger partial charge >= 0.3 is 0 Å². The lowest BCUT2D eigenvalue weighted by molar-refractivity contribution is -0.134. The van der Waals surface area contributed by atoms with Crippen molar-refractivity contribution in [1.82, 2.24) is 9.80 Å². The van der Waals surface area contributed by atoms with E-state index in [0.717, 1.165) is 26.9 Å². The molecule has 1 aromatic heterocycles. The van der Waals surface area contributed by atoms with E-state index in [1.165, 1.54) is 16.2 Å². The van der Waals surface area contributed by atoms with Crippen molar-refractivity contribution in [1.29, 1.82) is 0 Å². The van der Waals surface area contributed by atoms with Crippen LogP contribution in [0.1, 0.15) is 15.2 Å². The predicted molar refractivity (Wildman–Crippen MR) is 103 cm³/mol. The first-order valence-corrected chi connectivity index (χ1v) is 9.99. The molecule has 27 heavy (non-hydrogen) atoms. The van der Waals surface area contributed by atoms with Gasteiger partial charge in [-0.15, -0.1) is 11.3 Å². The third-order valence-corrected chi connectivity index (χ3v) is 6.05. The van der Waals surface area contributed by atoms with E-state index in [2.05, 4.69) is 15.9 Å². The summed E-state index contributed by atoms with van der Waals surface area (Å²) in [5, 5.41) is 0. The summed E-state index contributed by atoms with van der Waals surface area (Å²) in [5.74, 6) is -2.18. The number of carbonyl (C=O) groups excluding carboxylic acids is 2. The molecule has 0 bridgehead atoms. The Balaban J connectivity index is 1.57. The minimum absolute atomic E-state index is 0.177. The van der Waals surface area contributed by atoms with Crippen LogP contribution in [-0.2, 0) is 11.2 Å². The molecule has 0 spiro atoms. The first kappa shape index (κ1) is 19.9. The Labute approximate surface area is 167 Å². The Bertz CT molecular complexity index is 853. The van der Waals surface area contributed by atoms with Gasteiger partial charge in [0, 0.05) is 37.5 Å². The molecular weight excluding hydrogens is 440 g/mol. The summed E-state index contributed by atoms with van der Waals surface area (Å²) in [5.41, 5.74) is 5.74. The molecule has 5 nitrogen and oxygen atoms in total. The summed E-state index contributed by atoms with van der Waals surface area (Å²) in [6.45, 7) is 1.11. The third-order valence-electron chi connectivity index (χ3n) is 4.40. The van der Waals surface area contributed by atoms with Crippen LogP contribution in [0.25, 0.3) is 0 Å². The van der Waals surface area contributed by atoms with Crippen molar-refractivity contribution in [2.24, 2.45) is 5.73 Å². The Morgan fingerprint density at radius 3 is 2.41 bits per heavy atom. The molecule has 1 aliphatic rings. The summed E-state index contributed by atoms with van der Waals surface area (Å²) in [6, 6.07) is 5.97. The number of nitrogens with zero attached hydrogens (tertiary/aromatic N) is 2. The van der Waals surface area contributed by atoms with E-state index in [-0.39, 0.29) is 24.6 Å². The van der Waals surface area contributed by atoms with Crippen LogP contribution in [0.4, 0.5) is 8.78 Å². The summed E-state index contributed by atoms with van der Waals surface area (Å²) in [6.07, 6.45) is 0.447. The molecule has 2 N–H and O–H groups in total. The molecule has 0 radical (unpaired) electrons. The molecule has 1 fully saturated rings. The van der Waals surface area contributed by atoms with Crippen molar-refractivity contribution in [3.8, 4) is 0 Å². The number of rotatable bonds is 4. The van der Waals surface area contributed by atoms with Gasteiger partial charge in [0.2, 0.25) is 5.91 Å². The Kier molecular flexibility index (Phi) is 6.23. The second-order valence-corrected chi connectivity index (χ2v) is 8.81. The van der Waals surface area contributed by atoms with Gasteiger partial charge in [-0.1, -0.05) is 0 Å². The van der Waals surface area contributed by atoms with Gasteiger partial charge in [-0.3, -0.25) is 9.59 Å². The third kappa shape index (κ3) is 4.72. The quantitative estimate of drug-likeness (QED) is 0.767. The van der Waals surface area contributed by atoms with E-state index in [1.54, 1.807) is 4.90 Å². The number of nitrogens with two attached hydrogens (primary N) is 1. The lowest BCUT2D eigenvalue weighted by atomic mass is 10.1. The molecule has 0 aliphatic carbocycles. The fraction of sp³-hybridized carbons (Fsp3) is 0.333. The highest BCUT2D eigenvalue weighted by Gasteiger charge is 2.29. The van der Waals surface area contributed by atoms with Crippen molar-refractivity contribution in [2.75, 3.05) is 26.2 Å². The number of hydrogen-bond acceptors (Lipinski definition) is 4. The molecule has 1 unspecified atom stereocenters. The van der Waals surface area contributed by atoms with Gasteiger partial charge in [-0.05, 0) is 46.3 Å². The van der Waals surface area contributed by atoms with E-state index in [4.69, 9.17) is 5.73 Å². The lowest BCUT2D eigenvalue weighted by Gasteiger charge is -2.36. The summed E-state index contributed by atoms with van der Waals surface area (Å²) >= 11 is 4.91. The van der Waals surface area contributed by atoms with Crippen LogP contribution in [0.15, 0.2) is 34.1 Å². The Morgan fingerprint density at radius 2 is 1.78 bits per heavy atom. The Morgan fingerprint density at radius 1 is 1.11 bits per heavy atom. The largest absolute Gasteiger partial charge is 0.338 e. The van der Waals surface area contributed by atoms with Crippen molar-refractivity contribution < 1.29 is 18.4 Å². The van der Waals surface area contributed by atoms with Gasteiger partial charge < -0.3 is 15.5 Å². The van der Waals surface area contributed by atoms with Crippen molar-refractivity contribution in [3.05, 3.63) is 56.2 Å². The molecule has 144 valence electrons. The highest BCUT2D eigenvalue weighted by molar-refractivity contribution is 9.11. The van der Waals surface area contributed by atoms with Crippen molar-refractivity contribution >= 4 is 39.1 Å². The van der Waals surface area contributed by atoms with Crippen LogP contribution in [-0.4, -0.2) is 53.8 Å². The molecule has 3 rings (SSSR count). The van der Waals surface area contributed by atoms with E-state index < -0.39 is 23.6 Å². The molecule has 1 aromatic carbocycles. The van der Waals surface area contributed by atoms with E-state index in [9.17, 15) is 18.4 Å². The molecule has 2 amide bonds. The monoisotopic (exact) mass is 457 g/mol. The predicted octanol–water partition coefficient (Wildman–Crippen LogP) is 2.64. The van der Waals surface area contributed by atoms with Gasteiger partial charge in [-0.25, -0.2) is 8.78 Å². The number of thiophene rings is 1. The Hall–Kier alpha value is -1.84. The minimum Gasteiger partial charge on any atom is -0.338 e. The lowest BCUT2D eigenvalue weighted by Crippen LogP contribution is -2.54. The second-order valence-electron chi connectivity index (χ2n) is 6.26. The summed E-state index contributed by atoms with van der Waals surface area (Å²) in [4.78, 5) is 29.0. The van der Waals surface area contributed by atoms with Crippen LogP contribution >= 0.6 is 27.3 Å². The van der Waals surface area contributed by atoms with E-state index >= 15 is 0 Å². The van der Waals surface area contributed by atoms with Crippen LogP contribution in [0.3, 0.4) is 0 Å². The first-order chi connectivity index (χ1) is 12.8. The number of halogens is 3. The normalized spacial score (nSPS) is 15.7. The molecule has 1 atom stereocenters. The van der Waals surface area contributed by atoms with Gasteiger partial charge in [-0.2, -0.15) is 0 Å². The standard InChI is InChI=1S/C18H18BrF2N3O2S/c19-16-4-2-12(27-16)10-15(22)18(26)24-7-5-23(6-8-24)17(25)13-9-11(20)1-3-14(13)21/h1-4,9,15H,5-8,10,22H2. The minimum atomic E-state index is -0.760. The molecule has 2 aromatic rings. The molecule has 1 saturated heterocycles. The highest BCUT2D eigenvalue weighted by Crippen LogP contribution is 2.23. The van der Waals surface area contributed by atoms with Gasteiger partial charge in [0.05, 0.1) is 15.4 Å². The number of benzene rings is 1. The highest BCUT2D eigenvalue weighted by atomic mass is 79.9. The first-order valence-electron chi connectivity index (χ1n) is 8.38. The summed E-state index contributed by atoms with van der Waals surface area (Å²) < 4.78 is 28.1. The smallest absolute Gasteiger partial charge is 0.257 e. The topological polar surface area (TPSA) is 66.6 Å². The number of piperazine rings is 1. The molecule has 9 heteroatoms. The number of carbonyl (C=O) groups is 2. The maximum atomic E-state index is 13.8. The fourth-order valence-electron chi connectivity index (χ4n) is 2.96. The van der Waals surface area contributed by atoms with Crippen LogP contribution in [0, 0.1) is 11.6 Å². The number of hydrogen-bond donors (Lipinski definition) is 1. The van der Waals surface area contributed by atoms with Crippen molar-refractivity contribution in [3.63, 3.8) is 0 Å². The van der Waals surface area contributed by atoms with Crippen LogP contribution < -0.4 is 5.73 Å². The average Bonchev–Trinajstić information content (AvgIpc) is 3.07. The van der Waals surface area contributed by atoms with Gasteiger partial charge in [0.15, 0.2) is 0 Å². The SMILES string of the molecule is NC(Cc1ccc(Br)s1)C(=O)N1CCN(C(=O)c2cc(F)ccc2F)CC1. The maximum absolute atomic E-state index is 13.8. The molecular formula is C18H18BrF2N3O2S. The number of amides is 2. The summed E-state index contributed by atoms with van der Waals surface area (Å²) in [7, 11) is 0. The molecule has 0 saturated carbocycles.